The number of carbonyl (C=O) groups excluding carboxylic acids is 1. The van der Waals surface area contributed by atoms with Gasteiger partial charge in [0.05, 0.1) is 34.0 Å². The van der Waals surface area contributed by atoms with Gasteiger partial charge in [-0.05, 0) is 57.1 Å². The molecule has 1 aliphatic heterocycles. The third-order valence-electron chi connectivity index (χ3n) is 6.25. The molecule has 8 heteroatoms. The molecule has 160 valence electrons. The lowest BCUT2D eigenvalue weighted by Gasteiger charge is -2.22. The predicted molar refractivity (Wildman–Crippen MR) is 127 cm³/mol. The molecule has 3 N–H and O–H groups in total. The molecule has 0 bridgehead atoms. The van der Waals surface area contributed by atoms with E-state index in [0.717, 1.165) is 80.1 Å². The monoisotopic (exact) mass is 442 g/mol. The van der Waals surface area contributed by atoms with Crippen molar-refractivity contribution in [3.05, 3.63) is 53.4 Å². The van der Waals surface area contributed by atoms with Gasteiger partial charge in [0.15, 0.2) is 5.78 Å². The maximum atomic E-state index is 11.7. The van der Waals surface area contributed by atoms with Gasteiger partial charge in [-0.25, -0.2) is 0 Å². The number of thiophene rings is 1. The van der Waals surface area contributed by atoms with E-state index in [1.54, 1.807) is 6.92 Å². The number of hydrogen-bond acceptors (Lipinski definition) is 6. The summed E-state index contributed by atoms with van der Waals surface area (Å²) in [6.07, 6.45) is 7.80. The molecular weight excluding hydrogens is 420 g/mol. The number of Topliss-reactive ketones (excluding diaryl/α,β-unsaturated/α-hetero) is 1. The molecule has 5 aromatic heterocycles. The molecule has 0 atom stereocenters. The van der Waals surface area contributed by atoms with Gasteiger partial charge < -0.3 is 10.3 Å². The fourth-order valence-corrected chi connectivity index (χ4v) is 5.45. The number of nitrogens with one attached hydrogen (secondary N) is 3. The van der Waals surface area contributed by atoms with E-state index in [1.165, 1.54) is 11.3 Å². The third kappa shape index (κ3) is 3.23. The lowest BCUT2D eigenvalue weighted by molar-refractivity contribution is 0.102. The highest BCUT2D eigenvalue weighted by atomic mass is 32.1. The van der Waals surface area contributed by atoms with E-state index in [0.29, 0.717) is 5.92 Å². The van der Waals surface area contributed by atoms with E-state index in [1.807, 2.05) is 30.7 Å². The number of fused-ring (bicyclic) bond motifs is 2. The second-order valence-corrected chi connectivity index (χ2v) is 9.39. The molecule has 0 aliphatic carbocycles. The van der Waals surface area contributed by atoms with Gasteiger partial charge in [-0.3, -0.25) is 19.9 Å². The Morgan fingerprint density at radius 1 is 1.06 bits per heavy atom. The van der Waals surface area contributed by atoms with E-state index < -0.39 is 0 Å². The Kier molecular flexibility index (Phi) is 4.62. The molecule has 1 saturated heterocycles. The van der Waals surface area contributed by atoms with Crippen molar-refractivity contribution in [3.63, 3.8) is 0 Å². The number of H-pyrrole nitrogens is 2. The quantitative estimate of drug-likeness (QED) is 0.344. The zero-order valence-electron chi connectivity index (χ0n) is 17.6. The zero-order chi connectivity index (χ0) is 21.7. The van der Waals surface area contributed by atoms with Gasteiger partial charge in [-0.1, -0.05) is 0 Å². The number of pyridine rings is 2. The number of rotatable bonds is 4. The Labute approximate surface area is 188 Å². The van der Waals surface area contributed by atoms with Crippen LogP contribution >= 0.6 is 11.3 Å². The van der Waals surface area contributed by atoms with E-state index in [-0.39, 0.29) is 5.78 Å². The molecule has 32 heavy (non-hydrogen) atoms. The molecular formula is C24H22N6OS. The maximum absolute atomic E-state index is 11.7. The fraction of sp³-hybridized carbons (Fsp3) is 0.250. The van der Waals surface area contributed by atoms with Crippen molar-refractivity contribution >= 4 is 38.9 Å². The summed E-state index contributed by atoms with van der Waals surface area (Å²) in [5, 5.41) is 13.3. The van der Waals surface area contributed by atoms with Gasteiger partial charge in [0, 0.05) is 39.0 Å². The predicted octanol–water partition coefficient (Wildman–Crippen LogP) is 4.90. The Morgan fingerprint density at radius 3 is 2.75 bits per heavy atom. The van der Waals surface area contributed by atoms with Gasteiger partial charge in [0.2, 0.25) is 0 Å². The van der Waals surface area contributed by atoms with E-state index in [9.17, 15) is 4.79 Å². The minimum atomic E-state index is 0.0808. The lowest BCUT2D eigenvalue weighted by Crippen LogP contribution is -2.27. The number of nitrogens with zero attached hydrogens (tertiary/aromatic N) is 3. The van der Waals surface area contributed by atoms with Gasteiger partial charge in [0.25, 0.3) is 0 Å². The average molecular weight is 443 g/mol. The van der Waals surface area contributed by atoms with Crippen LogP contribution in [0.1, 0.15) is 41.0 Å². The van der Waals surface area contributed by atoms with Crippen LogP contribution in [0.3, 0.4) is 0 Å². The van der Waals surface area contributed by atoms with Crippen molar-refractivity contribution in [3.8, 4) is 21.8 Å². The first kappa shape index (κ1) is 19.3. The highest BCUT2D eigenvalue weighted by Gasteiger charge is 2.20. The van der Waals surface area contributed by atoms with Crippen molar-refractivity contribution < 1.29 is 4.79 Å². The van der Waals surface area contributed by atoms with Crippen LogP contribution in [0, 0.1) is 0 Å². The molecule has 0 amide bonds. The van der Waals surface area contributed by atoms with Crippen molar-refractivity contribution in [1.82, 2.24) is 30.5 Å². The molecule has 6 heterocycles. The summed E-state index contributed by atoms with van der Waals surface area (Å²) in [5.41, 5.74) is 5.84. The lowest BCUT2D eigenvalue weighted by atomic mass is 9.93. The Hall–Kier alpha value is -3.36. The summed E-state index contributed by atoms with van der Waals surface area (Å²) in [6, 6.07) is 8.18. The number of carbonyl (C=O) groups is 1. The fourth-order valence-electron chi connectivity index (χ4n) is 4.53. The summed E-state index contributed by atoms with van der Waals surface area (Å²) >= 11 is 1.50. The maximum Gasteiger partial charge on any atom is 0.169 e. The second-order valence-electron chi connectivity index (χ2n) is 8.30. The van der Waals surface area contributed by atoms with Crippen LogP contribution < -0.4 is 5.32 Å². The number of ketones is 1. The van der Waals surface area contributed by atoms with Crippen molar-refractivity contribution in [2.24, 2.45) is 0 Å². The minimum Gasteiger partial charge on any atom is -0.352 e. The number of hydrogen-bond donors (Lipinski definition) is 3. The number of aromatic nitrogens is 5. The highest BCUT2D eigenvalue weighted by molar-refractivity contribution is 7.17. The minimum absolute atomic E-state index is 0.0808. The van der Waals surface area contributed by atoms with Crippen molar-refractivity contribution in [1.29, 1.82) is 0 Å². The first-order chi connectivity index (χ1) is 15.7. The largest absolute Gasteiger partial charge is 0.352 e. The van der Waals surface area contributed by atoms with Crippen LogP contribution in [0.25, 0.3) is 43.6 Å². The van der Waals surface area contributed by atoms with Crippen LogP contribution in [0.4, 0.5) is 0 Å². The first-order valence-electron chi connectivity index (χ1n) is 10.8. The molecule has 0 unspecified atom stereocenters. The van der Waals surface area contributed by atoms with Crippen molar-refractivity contribution in [2.45, 2.75) is 25.7 Å². The summed E-state index contributed by atoms with van der Waals surface area (Å²) in [6.45, 7) is 3.67. The Morgan fingerprint density at radius 2 is 1.94 bits per heavy atom. The van der Waals surface area contributed by atoms with Gasteiger partial charge in [-0.15, -0.1) is 11.3 Å². The smallest absolute Gasteiger partial charge is 0.169 e. The average Bonchev–Trinajstić information content (AvgIpc) is 3.56. The van der Waals surface area contributed by atoms with Crippen molar-refractivity contribution in [2.75, 3.05) is 13.1 Å². The summed E-state index contributed by atoms with van der Waals surface area (Å²) in [7, 11) is 0. The normalized spacial score (nSPS) is 15.0. The Balaban J connectivity index is 1.44. The van der Waals surface area contributed by atoms with Gasteiger partial charge >= 0.3 is 0 Å². The standard InChI is InChI=1S/C24H22N6OS/c1-13(31)22-2-3-23(32-22)17-10-26-11-20-15(17)8-19(28-20)24-16-9-18(14-4-6-25-7-5-14)27-12-21(16)29-30-24/h2-3,8-12,14,25,28H,4-7H2,1H3,(H,29,30). The van der Waals surface area contributed by atoms with Crippen LogP contribution in [0.5, 0.6) is 0 Å². The molecule has 7 nitrogen and oxygen atoms in total. The molecule has 0 radical (unpaired) electrons. The molecule has 0 saturated carbocycles. The molecule has 1 fully saturated rings. The van der Waals surface area contributed by atoms with Crippen LogP contribution in [-0.2, 0) is 0 Å². The van der Waals surface area contributed by atoms with Gasteiger partial charge in [0.1, 0.15) is 5.69 Å². The van der Waals surface area contributed by atoms with Crippen LogP contribution in [-0.4, -0.2) is 44.0 Å². The summed E-state index contributed by atoms with van der Waals surface area (Å²) in [4.78, 5) is 26.2. The zero-order valence-corrected chi connectivity index (χ0v) is 18.4. The number of aromatic amines is 2. The van der Waals surface area contributed by atoms with E-state index in [2.05, 4.69) is 37.6 Å². The first-order valence-corrected chi connectivity index (χ1v) is 11.6. The SMILES string of the molecule is CC(=O)c1ccc(-c2cncc3[nH]c(-c4n[nH]c5cnc(C6CCNCC6)cc45)cc23)s1. The second kappa shape index (κ2) is 7.65. The molecule has 6 rings (SSSR count). The third-order valence-corrected chi connectivity index (χ3v) is 7.46. The summed E-state index contributed by atoms with van der Waals surface area (Å²) < 4.78 is 0. The van der Waals surface area contributed by atoms with Crippen LogP contribution in [0.2, 0.25) is 0 Å². The molecule has 0 aromatic carbocycles. The molecule has 1 aliphatic rings. The Bertz CT molecular complexity index is 1460. The van der Waals surface area contributed by atoms with E-state index >= 15 is 0 Å². The topological polar surface area (TPSA) is 99.4 Å². The molecule has 5 aromatic rings. The van der Waals surface area contributed by atoms with E-state index in [4.69, 9.17) is 4.98 Å². The van der Waals surface area contributed by atoms with Gasteiger partial charge in [-0.2, -0.15) is 5.10 Å². The van der Waals surface area contributed by atoms with Crippen LogP contribution in [0.15, 0.2) is 42.9 Å². The number of piperidine rings is 1. The summed E-state index contributed by atoms with van der Waals surface area (Å²) in [5.74, 6) is 0.563. The molecule has 0 spiro atoms. The highest BCUT2D eigenvalue weighted by Crippen LogP contribution is 2.37.